The average molecular weight is 276 g/mol. The van der Waals surface area contributed by atoms with E-state index in [1.807, 2.05) is 5.32 Å². The Labute approximate surface area is 106 Å². The largest absolute Gasteiger partial charge is 0.412 e. The predicted molar refractivity (Wildman–Crippen MR) is 54.7 cm³/mol. The molecule has 0 aromatic rings. The van der Waals surface area contributed by atoms with E-state index in [2.05, 4.69) is 0 Å². The molecule has 4 amide bonds. The molecule has 5 nitrogen and oxygen atoms in total. The van der Waals surface area contributed by atoms with Gasteiger partial charge in [-0.05, 0) is 25.7 Å². The van der Waals surface area contributed by atoms with Crippen LogP contribution in [0, 0.1) is 5.41 Å². The lowest BCUT2D eigenvalue weighted by Crippen LogP contribution is -2.70. The molecule has 1 heterocycles. The first kappa shape index (κ1) is 12.4. The van der Waals surface area contributed by atoms with Crippen LogP contribution in [0.1, 0.15) is 32.1 Å². The lowest BCUT2D eigenvalue weighted by Gasteiger charge is -2.47. The SMILES string of the molecule is O=C1NC(=O)C2(CCC2)C(=O)N1C1(C(F)(F)F)CC1. The van der Waals surface area contributed by atoms with Crippen molar-refractivity contribution in [2.24, 2.45) is 5.41 Å². The number of nitrogens with one attached hydrogen (secondary N) is 1. The second-order valence-electron chi connectivity index (χ2n) is 5.36. The standard InChI is InChI=1S/C11H11F3N2O3/c12-11(13,14)10(4-5-10)16-7(18)9(2-1-3-9)6(17)15-8(16)19/h1-5H2,(H,15,17,19). The summed E-state index contributed by atoms with van der Waals surface area (Å²) in [5, 5.41) is 1.90. The van der Waals surface area contributed by atoms with Gasteiger partial charge < -0.3 is 0 Å². The number of hydrogen-bond acceptors (Lipinski definition) is 3. The summed E-state index contributed by atoms with van der Waals surface area (Å²) in [7, 11) is 0. The Morgan fingerprint density at radius 1 is 1.05 bits per heavy atom. The lowest BCUT2D eigenvalue weighted by molar-refractivity contribution is -0.201. The van der Waals surface area contributed by atoms with Gasteiger partial charge in [0, 0.05) is 0 Å². The Morgan fingerprint density at radius 2 is 1.63 bits per heavy atom. The van der Waals surface area contributed by atoms with Crippen LogP contribution in [0.5, 0.6) is 0 Å². The number of amides is 4. The first-order chi connectivity index (χ1) is 8.75. The van der Waals surface area contributed by atoms with Crippen LogP contribution in [0.3, 0.4) is 0 Å². The van der Waals surface area contributed by atoms with Crippen molar-refractivity contribution >= 4 is 17.8 Å². The highest BCUT2D eigenvalue weighted by Gasteiger charge is 2.73. The third kappa shape index (κ3) is 1.34. The van der Waals surface area contributed by atoms with Crippen LogP contribution in [-0.4, -0.2) is 34.5 Å². The van der Waals surface area contributed by atoms with Crippen molar-refractivity contribution in [3.8, 4) is 0 Å². The molecule has 19 heavy (non-hydrogen) atoms. The molecule has 3 aliphatic rings. The molecule has 1 N–H and O–H groups in total. The third-order valence-electron chi connectivity index (χ3n) is 4.36. The van der Waals surface area contributed by atoms with Gasteiger partial charge in [0.15, 0.2) is 0 Å². The number of alkyl halides is 3. The molecule has 1 saturated heterocycles. The van der Waals surface area contributed by atoms with Crippen LogP contribution in [0.25, 0.3) is 0 Å². The van der Waals surface area contributed by atoms with E-state index in [-0.39, 0.29) is 30.6 Å². The van der Waals surface area contributed by atoms with Crippen molar-refractivity contribution < 1.29 is 27.6 Å². The Morgan fingerprint density at radius 3 is 2.00 bits per heavy atom. The van der Waals surface area contributed by atoms with Crippen molar-refractivity contribution in [1.82, 2.24) is 10.2 Å². The zero-order chi connectivity index (χ0) is 14.1. The number of hydrogen-bond donors (Lipinski definition) is 1. The van der Waals surface area contributed by atoms with Gasteiger partial charge in [-0.3, -0.25) is 14.9 Å². The predicted octanol–water partition coefficient (Wildman–Crippen LogP) is 1.33. The van der Waals surface area contributed by atoms with E-state index in [1.54, 1.807) is 0 Å². The number of nitrogens with zero attached hydrogens (tertiary/aromatic N) is 1. The normalized spacial score (nSPS) is 28.2. The van der Waals surface area contributed by atoms with Gasteiger partial charge in [0.25, 0.3) is 0 Å². The average Bonchev–Trinajstić information content (AvgIpc) is 2.94. The van der Waals surface area contributed by atoms with Gasteiger partial charge in [-0.1, -0.05) is 6.42 Å². The van der Waals surface area contributed by atoms with Crippen LogP contribution in [0.2, 0.25) is 0 Å². The fourth-order valence-electron chi connectivity index (χ4n) is 2.79. The van der Waals surface area contributed by atoms with Gasteiger partial charge in [-0.25, -0.2) is 9.69 Å². The minimum atomic E-state index is -4.66. The van der Waals surface area contributed by atoms with Crippen molar-refractivity contribution in [3.63, 3.8) is 0 Å². The molecule has 3 rings (SSSR count). The van der Waals surface area contributed by atoms with Crippen LogP contribution >= 0.6 is 0 Å². The number of halogens is 3. The molecule has 0 bridgehead atoms. The summed E-state index contributed by atoms with van der Waals surface area (Å²) < 4.78 is 39.1. The Balaban J connectivity index is 2.00. The van der Waals surface area contributed by atoms with Gasteiger partial charge in [0.1, 0.15) is 11.0 Å². The zero-order valence-corrected chi connectivity index (χ0v) is 9.84. The number of rotatable bonds is 1. The Kier molecular flexibility index (Phi) is 2.15. The smallest absolute Gasteiger partial charge is 0.277 e. The van der Waals surface area contributed by atoms with Gasteiger partial charge in [-0.2, -0.15) is 13.2 Å². The molecular formula is C11H11F3N2O3. The molecule has 0 radical (unpaired) electrons. The van der Waals surface area contributed by atoms with Gasteiger partial charge in [0.05, 0.1) is 0 Å². The molecule has 0 aromatic carbocycles. The molecule has 8 heteroatoms. The minimum Gasteiger partial charge on any atom is -0.277 e. The summed E-state index contributed by atoms with van der Waals surface area (Å²) in [6.45, 7) is 0. The molecule has 104 valence electrons. The van der Waals surface area contributed by atoms with Crippen LogP contribution in [0.4, 0.5) is 18.0 Å². The summed E-state index contributed by atoms with van der Waals surface area (Å²) in [4.78, 5) is 35.8. The summed E-state index contributed by atoms with van der Waals surface area (Å²) in [5.74, 6) is -1.75. The maximum Gasteiger partial charge on any atom is 0.412 e. The Bertz CT molecular complexity index is 492. The van der Waals surface area contributed by atoms with E-state index in [0.29, 0.717) is 6.42 Å². The fourth-order valence-corrected chi connectivity index (χ4v) is 2.79. The summed E-state index contributed by atoms with van der Waals surface area (Å²) in [6, 6.07) is -1.25. The van der Waals surface area contributed by atoms with Gasteiger partial charge in [0.2, 0.25) is 11.8 Å². The summed E-state index contributed by atoms with van der Waals surface area (Å²) >= 11 is 0. The molecule has 0 unspecified atom stereocenters. The maximum absolute atomic E-state index is 13.0. The Hall–Kier alpha value is -1.60. The highest BCUT2D eigenvalue weighted by molar-refractivity contribution is 6.20. The minimum absolute atomic E-state index is 0.204. The van der Waals surface area contributed by atoms with E-state index in [0.717, 1.165) is 0 Å². The maximum atomic E-state index is 13.0. The monoisotopic (exact) mass is 276 g/mol. The topological polar surface area (TPSA) is 66.5 Å². The van der Waals surface area contributed by atoms with Crippen molar-refractivity contribution in [3.05, 3.63) is 0 Å². The molecule has 2 aliphatic carbocycles. The van der Waals surface area contributed by atoms with Crippen molar-refractivity contribution in [1.29, 1.82) is 0 Å². The summed E-state index contributed by atoms with van der Waals surface area (Å²) in [6.07, 6.45) is -4.24. The highest BCUT2D eigenvalue weighted by Crippen LogP contribution is 2.57. The van der Waals surface area contributed by atoms with Crippen molar-refractivity contribution in [2.75, 3.05) is 0 Å². The number of imide groups is 2. The third-order valence-corrected chi connectivity index (χ3v) is 4.36. The first-order valence-electron chi connectivity index (χ1n) is 6.01. The molecular weight excluding hydrogens is 265 g/mol. The van der Waals surface area contributed by atoms with Crippen LogP contribution in [-0.2, 0) is 9.59 Å². The van der Waals surface area contributed by atoms with Crippen molar-refractivity contribution in [2.45, 2.75) is 43.8 Å². The lowest BCUT2D eigenvalue weighted by atomic mass is 9.66. The molecule has 0 atom stereocenters. The number of barbiturate groups is 1. The molecule has 2 saturated carbocycles. The fraction of sp³-hybridized carbons (Fsp3) is 0.727. The van der Waals surface area contributed by atoms with Gasteiger partial charge >= 0.3 is 12.2 Å². The zero-order valence-electron chi connectivity index (χ0n) is 9.84. The summed E-state index contributed by atoms with van der Waals surface area (Å²) in [5.41, 5.74) is -3.85. The molecule has 0 aromatic heterocycles. The van der Waals surface area contributed by atoms with Gasteiger partial charge in [-0.15, -0.1) is 0 Å². The van der Waals surface area contributed by atoms with E-state index >= 15 is 0 Å². The number of urea groups is 1. The van der Waals surface area contributed by atoms with E-state index in [9.17, 15) is 27.6 Å². The second kappa shape index (κ2) is 3.29. The second-order valence-corrected chi connectivity index (χ2v) is 5.36. The first-order valence-corrected chi connectivity index (χ1v) is 6.01. The van der Waals surface area contributed by atoms with E-state index in [1.165, 1.54) is 0 Å². The molecule has 1 spiro atoms. The van der Waals surface area contributed by atoms with Crippen LogP contribution in [0.15, 0.2) is 0 Å². The van der Waals surface area contributed by atoms with E-state index < -0.39 is 35.0 Å². The quantitative estimate of drug-likeness (QED) is 0.735. The number of carbonyl (C=O) groups is 3. The molecule has 3 fully saturated rings. The molecule has 1 aliphatic heterocycles. The number of carbonyl (C=O) groups excluding carboxylic acids is 3. The van der Waals surface area contributed by atoms with Crippen LogP contribution < -0.4 is 5.32 Å². The highest BCUT2D eigenvalue weighted by atomic mass is 19.4. The van der Waals surface area contributed by atoms with E-state index in [4.69, 9.17) is 0 Å².